The van der Waals surface area contributed by atoms with Crippen molar-refractivity contribution in [3.63, 3.8) is 0 Å². The minimum Gasteiger partial charge on any atom is -0.462 e. The zero-order chi connectivity index (χ0) is 60.1. The minimum absolute atomic E-state index is 0.0335. The van der Waals surface area contributed by atoms with Crippen LogP contribution in [0.1, 0.15) is 206 Å². The van der Waals surface area contributed by atoms with Gasteiger partial charge in [-0.3, -0.25) is 18.6 Å². The molecule has 2 atom stereocenters. The molecule has 9 nitrogen and oxygen atoms in total. The van der Waals surface area contributed by atoms with E-state index in [0.717, 1.165) is 154 Å². The van der Waals surface area contributed by atoms with Crippen LogP contribution in [-0.4, -0.2) is 49.3 Å². The van der Waals surface area contributed by atoms with Crippen LogP contribution < -0.4 is 5.73 Å². The van der Waals surface area contributed by atoms with Crippen LogP contribution in [-0.2, 0) is 32.7 Å². The topological polar surface area (TPSA) is 134 Å². The second-order valence-electron chi connectivity index (χ2n) is 19.8. The average molecular weight is 1160 g/mol. The van der Waals surface area contributed by atoms with Gasteiger partial charge in [0.25, 0.3) is 0 Å². The van der Waals surface area contributed by atoms with Crippen molar-refractivity contribution in [1.29, 1.82) is 0 Å². The summed E-state index contributed by atoms with van der Waals surface area (Å²) in [6.45, 7) is 3.41. The first-order valence-electron chi connectivity index (χ1n) is 31.6. The molecule has 0 aromatic rings. The quantitative estimate of drug-likeness (QED) is 0.0264. The maximum absolute atomic E-state index is 12.7. The lowest BCUT2D eigenvalue weighted by atomic mass is 10.1. The van der Waals surface area contributed by atoms with Gasteiger partial charge in [-0.1, -0.05) is 253 Å². The number of carbonyl (C=O) groups is 2. The van der Waals surface area contributed by atoms with Crippen LogP contribution in [0.5, 0.6) is 0 Å². The summed E-state index contributed by atoms with van der Waals surface area (Å²) in [6, 6.07) is 0. The van der Waals surface area contributed by atoms with Gasteiger partial charge in [0.2, 0.25) is 0 Å². The van der Waals surface area contributed by atoms with Crippen molar-refractivity contribution in [3.8, 4) is 0 Å². The fourth-order valence-corrected chi connectivity index (χ4v) is 8.35. The minimum atomic E-state index is -4.42. The Labute approximate surface area is 506 Å². The maximum Gasteiger partial charge on any atom is 0.472 e. The maximum atomic E-state index is 12.7. The van der Waals surface area contributed by atoms with Gasteiger partial charge < -0.3 is 20.1 Å². The van der Waals surface area contributed by atoms with E-state index in [1.165, 1.54) is 12.8 Å². The molecule has 0 heterocycles. The number of unbranched alkanes of at least 4 members (excludes halogenated alkanes) is 9. The van der Waals surface area contributed by atoms with E-state index >= 15 is 0 Å². The lowest BCUT2D eigenvalue weighted by Crippen LogP contribution is -2.29. The molecule has 0 fully saturated rings. The monoisotopic (exact) mass is 1160 g/mol. The molecule has 0 amide bonds. The summed E-state index contributed by atoms with van der Waals surface area (Å²) >= 11 is 0. The van der Waals surface area contributed by atoms with Gasteiger partial charge in [-0.2, -0.15) is 0 Å². The summed E-state index contributed by atoms with van der Waals surface area (Å²) in [6.07, 6.45) is 102. The van der Waals surface area contributed by atoms with Gasteiger partial charge in [0.1, 0.15) is 6.61 Å². The van der Waals surface area contributed by atoms with Gasteiger partial charge >= 0.3 is 19.8 Å². The van der Waals surface area contributed by atoms with Crippen molar-refractivity contribution in [2.75, 3.05) is 26.4 Å². The normalized spacial score (nSPS) is 14.4. The first-order valence-corrected chi connectivity index (χ1v) is 33.1. The largest absolute Gasteiger partial charge is 0.472 e. The number of hydrogen-bond acceptors (Lipinski definition) is 8. The number of nitrogens with two attached hydrogens (primary N) is 1. The molecule has 0 saturated heterocycles. The molecule has 3 N–H and O–H groups in total. The van der Waals surface area contributed by atoms with E-state index < -0.39 is 32.5 Å². The van der Waals surface area contributed by atoms with Crippen LogP contribution in [0.2, 0.25) is 0 Å². The summed E-state index contributed by atoms with van der Waals surface area (Å²) in [4.78, 5) is 35.2. The first kappa shape index (κ1) is 77.6. The molecule has 0 aliphatic heterocycles. The number of phosphoric ester groups is 1. The Morgan fingerprint density at radius 3 is 0.952 bits per heavy atom. The molecule has 462 valence electrons. The molecule has 0 aliphatic rings. The molecule has 10 heteroatoms. The summed E-state index contributed by atoms with van der Waals surface area (Å²) < 4.78 is 33.0. The van der Waals surface area contributed by atoms with E-state index in [-0.39, 0.29) is 32.6 Å². The van der Waals surface area contributed by atoms with Crippen LogP contribution in [0.4, 0.5) is 0 Å². The van der Waals surface area contributed by atoms with Gasteiger partial charge in [-0.25, -0.2) is 4.57 Å². The number of esters is 2. The number of allylic oxidation sites excluding steroid dienone is 34. The van der Waals surface area contributed by atoms with Gasteiger partial charge in [0.15, 0.2) is 6.10 Å². The molecule has 0 rings (SSSR count). The van der Waals surface area contributed by atoms with Crippen molar-refractivity contribution in [2.24, 2.45) is 5.73 Å². The standard InChI is InChI=1S/C73H112NO8P/c1-3-5-7-9-11-13-15-17-19-21-23-25-26-27-28-29-30-31-32-33-34-35-36-37-38-39-40-41-42-43-44-46-48-50-52-54-56-58-60-62-64-66-73(76)82-71(70-81-83(77,78)80-68-67-74)69-79-72(75)65-63-61-59-57-55-53-51-49-47-45-24-22-20-18-16-14-12-10-8-6-4-2/h5-8,11-14,17-20,23-25,27-28,30-31,33-34,36-37,39-40,42-43,45-46,48-49,51,55,57,71H,3-4,9-10,15-16,21-22,26,29,32,35,38,41,44,47,50,52-54,56,58-70,74H2,1-2H3,(H,77,78)/b7-5-,8-6-,13-11-,14-12-,19-17-,20-18-,25-23-,28-27-,31-30-,34-33-,37-36-,40-39-,43-42-,45-24-,48-46-,51-49-,57-55-. The third kappa shape index (κ3) is 65.6. The number of phosphoric acid groups is 1. The highest BCUT2D eigenvalue weighted by molar-refractivity contribution is 7.47. The lowest BCUT2D eigenvalue weighted by molar-refractivity contribution is -0.161. The van der Waals surface area contributed by atoms with Crippen LogP contribution in [0.15, 0.2) is 207 Å². The fraction of sp³-hybridized carbons (Fsp3) is 0.507. The zero-order valence-electron chi connectivity index (χ0n) is 51.6. The van der Waals surface area contributed by atoms with Crippen molar-refractivity contribution < 1.29 is 37.6 Å². The third-order valence-corrected chi connectivity index (χ3v) is 13.1. The average Bonchev–Trinajstić information content (AvgIpc) is 3.49. The highest BCUT2D eigenvalue weighted by atomic mass is 31.2. The van der Waals surface area contributed by atoms with Crippen molar-refractivity contribution in [3.05, 3.63) is 207 Å². The van der Waals surface area contributed by atoms with E-state index in [1.54, 1.807) is 0 Å². The van der Waals surface area contributed by atoms with Gasteiger partial charge in [0, 0.05) is 19.4 Å². The Morgan fingerprint density at radius 1 is 0.361 bits per heavy atom. The van der Waals surface area contributed by atoms with Gasteiger partial charge in [-0.05, 0) is 148 Å². The summed E-state index contributed by atoms with van der Waals surface area (Å²) in [5.41, 5.74) is 5.38. The molecule has 0 bridgehead atoms. The summed E-state index contributed by atoms with van der Waals surface area (Å²) in [7, 11) is -4.42. The van der Waals surface area contributed by atoms with Crippen LogP contribution in [0.25, 0.3) is 0 Å². The van der Waals surface area contributed by atoms with Crippen LogP contribution in [0, 0.1) is 0 Å². The number of ether oxygens (including phenoxy) is 2. The molecular weight excluding hydrogens is 1050 g/mol. The van der Waals surface area contributed by atoms with Gasteiger partial charge in [0.05, 0.1) is 13.2 Å². The molecule has 0 saturated carbocycles. The van der Waals surface area contributed by atoms with E-state index in [0.29, 0.717) is 12.8 Å². The van der Waals surface area contributed by atoms with E-state index in [9.17, 15) is 19.0 Å². The number of rotatable bonds is 56. The van der Waals surface area contributed by atoms with E-state index in [4.69, 9.17) is 24.3 Å². The molecule has 0 spiro atoms. The molecule has 0 radical (unpaired) electrons. The smallest absolute Gasteiger partial charge is 0.462 e. The fourth-order valence-electron chi connectivity index (χ4n) is 7.58. The molecule has 0 aliphatic carbocycles. The SMILES string of the molecule is CC/C=C\C/C=C\C/C=C\C/C=C\C/C=C\C/C=C\C/C=C\C/C=C\C/C=C\C/C=C\C/C=C\CCCCCCCCCC(=O)OC(COC(=O)CCCC/C=C\C/C=C\C/C=C\C/C=C\C/C=C\C/C=C\CC)COP(=O)(O)OCCN. The second kappa shape index (κ2) is 65.7. The van der Waals surface area contributed by atoms with Crippen LogP contribution in [0.3, 0.4) is 0 Å². The van der Waals surface area contributed by atoms with Crippen molar-refractivity contribution in [2.45, 2.75) is 213 Å². The Bertz CT molecular complexity index is 2110. The Balaban J connectivity index is 4.09. The Hall–Kier alpha value is -5.41. The molecule has 0 aromatic heterocycles. The van der Waals surface area contributed by atoms with Crippen LogP contribution >= 0.6 is 7.82 Å². The molecule has 83 heavy (non-hydrogen) atoms. The Morgan fingerprint density at radius 2 is 0.627 bits per heavy atom. The van der Waals surface area contributed by atoms with E-state index in [2.05, 4.69) is 220 Å². The summed E-state index contributed by atoms with van der Waals surface area (Å²) in [5, 5.41) is 0. The predicted octanol–water partition coefficient (Wildman–Crippen LogP) is 20.7. The lowest BCUT2D eigenvalue weighted by Gasteiger charge is -2.19. The summed E-state index contributed by atoms with van der Waals surface area (Å²) in [5.74, 6) is -0.910. The third-order valence-electron chi connectivity index (χ3n) is 12.2. The molecule has 2 unspecified atom stereocenters. The molecular formula is C73H112NO8P. The highest BCUT2D eigenvalue weighted by Gasteiger charge is 2.26. The van der Waals surface area contributed by atoms with Crippen molar-refractivity contribution in [1.82, 2.24) is 0 Å². The first-order chi connectivity index (χ1) is 40.8. The number of hydrogen-bond donors (Lipinski definition) is 2. The predicted molar refractivity (Wildman–Crippen MR) is 357 cm³/mol. The zero-order valence-corrected chi connectivity index (χ0v) is 52.5. The Kier molecular flexibility index (Phi) is 61.5. The highest BCUT2D eigenvalue weighted by Crippen LogP contribution is 2.43. The number of carbonyl (C=O) groups excluding carboxylic acids is 2. The second-order valence-corrected chi connectivity index (χ2v) is 21.3. The van der Waals surface area contributed by atoms with E-state index in [1.807, 2.05) is 0 Å². The molecule has 0 aromatic carbocycles. The van der Waals surface area contributed by atoms with Gasteiger partial charge in [-0.15, -0.1) is 0 Å². The van der Waals surface area contributed by atoms with Crippen molar-refractivity contribution >= 4 is 19.8 Å².